The van der Waals surface area contributed by atoms with Crippen LogP contribution in [0.2, 0.25) is 0 Å². The first kappa shape index (κ1) is 32.3. The lowest BCUT2D eigenvalue weighted by atomic mass is 9.70. The van der Waals surface area contributed by atoms with Gasteiger partial charge in [0.25, 0.3) is 0 Å². The molecule has 7 nitrogen and oxygen atoms in total. The Bertz CT molecular complexity index is 1180. The largest absolute Gasteiger partial charge is 0.396 e. The van der Waals surface area contributed by atoms with Crippen molar-refractivity contribution in [3.63, 3.8) is 0 Å². The summed E-state index contributed by atoms with van der Waals surface area (Å²) in [5.41, 5.74) is 0.298. The van der Waals surface area contributed by atoms with E-state index < -0.39 is 28.2 Å². The molecule has 8 heteroatoms. The van der Waals surface area contributed by atoms with Crippen molar-refractivity contribution in [3.05, 3.63) is 55.6 Å². The molecule has 230 valence electrons. The smallest absolute Gasteiger partial charge is 0.247 e. The third-order valence-electron chi connectivity index (χ3n) is 9.04. The summed E-state index contributed by atoms with van der Waals surface area (Å²) in [7, 11) is 0. The third kappa shape index (κ3) is 5.94. The van der Waals surface area contributed by atoms with Crippen molar-refractivity contribution in [3.8, 4) is 0 Å². The van der Waals surface area contributed by atoms with Gasteiger partial charge in [0.15, 0.2) is 0 Å². The lowest BCUT2D eigenvalue weighted by molar-refractivity contribution is -0.146. The van der Waals surface area contributed by atoms with Crippen LogP contribution >= 0.6 is 11.8 Å². The molecule has 0 aromatic heterocycles. The van der Waals surface area contributed by atoms with Crippen molar-refractivity contribution in [2.75, 3.05) is 31.1 Å². The Hall–Kier alpha value is -2.58. The highest BCUT2D eigenvalue weighted by atomic mass is 32.2. The van der Waals surface area contributed by atoms with Crippen molar-refractivity contribution >= 4 is 35.2 Å². The molecule has 4 rings (SSSR count). The SMILES string of the molecule is C=CCN(C(=O)[C@@H]1[C@H]2C(=O)N(CCCCO)C(C(=O)N(CC=C)C(C)(C)CC(C)(C)C)C23CC[C@H]1S3)c1ccccc1. The Morgan fingerprint density at radius 2 is 1.74 bits per heavy atom. The molecule has 1 aromatic rings. The molecule has 0 radical (unpaired) electrons. The van der Waals surface area contributed by atoms with Gasteiger partial charge in [0.05, 0.1) is 16.6 Å². The van der Waals surface area contributed by atoms with E-state index in [2.05, 4.69) is 47.8 Å². The number of likely N-dealkylation sites (tertiary alicyclic amines) is 1. The number of thioether (sulfide) groups is 1. The first-order chi connectivity index (χ1) is 19.8. The van der Waals surface area contributed by atoms with Crippen LogP contribution in [0.1, 0.15) is 66.7 Å². The predicted molar refractivity (Wildman–Crippen MR) is 171 cm³/mol. The molecule has 3 saturated heterocycles. The van der Waals surface area contributed by atoms with E-state index in [1.54, 1.807) is 33.7 Å². The number of carbonyl (C=O) groups excluding carboxylic acids is 3. The average Bonchev–Trinajstić information content (AvgIpc) is 3.56. The fourth-order valence-electron chi connectivity index (χ4n) is 7.89. The number of para-hydroxylation sites is 1. The molecule has 0 aliphatic carbocycles. The maximum absolute atomic E-state index is 14.8. The number of hydrogen-bond acceptors (Lipinski definition) is 5. The van der Waals surface area contributed by atoms with E-state index in [4.69, 9.17) is 0 Å². The van der Waals surface area contributed by atoms with E-state index in [-0.39, 0.29) is 35.0 Å². The first-order valence-corrected chi connectivity index (χ1v) is 16.2. The van der Waals surface area contributed by atoms with Crippen molar-refractivity contribution in [1.29, 1.82) is 0 Å². The van der Waals surface area contributed by atoms with Crippen LogP contribution in [0.3, 0.4) is 0 Å². The number of unbranched alkanes of at least 4 members (excludes halogenated alkanes) is 1. The van der Waals surface area contributed by atoms with Gasteiger partial charge in [-0.15, -0.1) is 24.9 Å². The molecular formula is C34H49N3O4S. The zero-order chi connectivity index (χ0) is 30.9. The molecule has 5 atom stereocenters. The van der Waals surface area contributed by atoms with Crippen LogP contribution < -0.4 is 4.90 Å². The molecule has 1 spiro atoms. The molecule has 1 N–H and O–H groups in total. The normalized spacial score (nSPS) is 26.7. The maximum Gasteiger partial charge on any atom is 0.247 e. The summed E-state index contributed by atoms with van der Waals surface area (Å²) >= 11 is 1.70. The number of benzene rings is 1. The Labute approximate surface area is 256 Å². The second-order valence-electron chi connectivity index (χ2n) is 13.9. The highest BCUT2D eigenvalue weighted by molar-refractivity contribution is 8.02. The number of hydrogen-bond donors (Lipinski definition) is 1. The number of aliphatic hydroxyl groups excluding tert-OH is 1. The molecule has 3 heterocycles. The van der Waals surface area contributed by atoms with Crippen LogP contribution in [-0.4, -0.2) is 80.4 Å². The summed E-state index contributed by atoms with van der Waals surface area (Å²) in [6, 6.07) is 8.88. The summed E-state index contributed by atoms with van der Waals surface area (Å²) in [5, 5.41) is 9.48. The minimum Gasteiger partial charge on any atom is -0.396 e. The number of fused-ring (bicyclic) bond motifs is 1. The van der Waals surface area contributed by atoms with Crippen LogP contribution in [0.15, 0.2) is 55.6 Å². The van der Waals surface area contributed by atoms with Gasteiger partial charge in [-0.2, -0.15) is 0 Å². The topological polar surface area (TPSA) is 81.2 Å². The van der Waals surface area contributed by atoms with Crippen LogP contribution in [0.5, 0.6) is 0 Å². The van der Waals surface area contributed by atoms with E-state index in [9.17, 15) is 19.5 Å². The zero-order valence-electron chi connectivity index (χ0n) is 26.1. The second kappa shape index (κ2) is 12.6. The Kier molecular flexibility index (Phi) is 9.68. The number of aliphatic hydroxyl groups is 1. The van der Waals surface area contributed by atoms with E-state index >= 15 is 0 Å². The number of amides is 3. The molecular weight excluding hydrogens is 546 g/mol. The van der Waals surface area contributed by atoms with Gasteiger partial charge in [0, 0.05) is 42.7 Å². The van der Waals surface area contributed by atoms with Crippen molar-refractivity contribution in [1.82, 2.24) is 9.80 Å². The van der Waals surface area contributed by atoms with Gasteiger partial charge >= 0.3 is 0 Å². The van der Waals surface area contributed by atoms with Gasteiger partial charge in [-0.3, -0.25) is 14.4 Å². The molecule has 2 unspecified atom stereocenters. The molecule has 0 saturated carbocycles. The highest BCUT2D eigenvalue weighted by Gasteiger charge is 2.74. The Balaban J connectivity index is 1.76. The highest BCUT2D eigenvalue weighted by Crippen LogP contribution is 2.67. The summed E-state index contributed by atoms with van der Waals surface area (Å²) in [6.07, 6.45) is 6.94. The lowest BCUT2D eigenvalue weighted by Crippen LogP contribution is -2.60. The average molecular weight is 596 g/mol. The van der Waals surface area contributed by atoms with Gasteiger partial charge in [-0.05, 0) is 63.5 Å². The van der Waals surface area contributed by atoms with E-state index in [0.29, 0.717) is 32.5 Å². The number of rotatable bonds is 13. The summed E-state index contributed by atoms with van der Waals surface area (Å²) in [5.74, 6) is -1.30. The van der Waals surface area contributed by atoms with Gasteiger partial charge < -0.3 is 19.8 Å². The standard InChI is InChI=1S/C34H49N3O4S/c1-8-19-35(24-15-11-10-12-16-24)29(39)26-25-17-18-34(42-25)27(26)30(40)36(21-13-14-22-38)28(34)31(41)37(20-9-2)33(6,7)23-32(3,4)5/h8-12,15-16,25-28,38H,1-2,13-14,17-23H2,3-7H3/t25-,26+,27+,28?,34?/m1/s1. The maximum atomic E-state index is 14.8. The van der Waals surface area contributed by atoms with Gasteiger partial charge in [0.2, 0.25) is 17.7 Å². The first-order valence-electron chi connectivity index (χ1n) is 15.3. The van der Waals surface area contributed by atoms with Crippen molar-refractivity contribution in [2.24, 2.45) is 17.3 Å². The van der Waals surface area contributed by atoms with E-state index in [1.807, 2.05) is 35.2 Å². The molecule has 2 bridgehead atoms. The lowest BCUT2D eigenvalue weighted by Gasteiger charge is -2.46. The van der Waals surface area contributed by atoms with Crippen LogP contribution in [0.4, 0.5) is 5.69 Å². The van der Waals surface area contributed by atoms with Crippen LogP contribution in [0.25, 0.3) is 0 Å². The number of nitrogens with zero attached hydrogens (tertiary/aromatic N) is 3. The summed E-state index contributed by atoms with van der Waals surface area (Å²) < 4.78 is -0.661. The van der Waals surface area contributed by atoms with Crippen molar-refractivity contribution < 1.29 is 19.5 Å². The monoisotopic (exact) mass is 595 g/mol. The fraction of sp³-hybridized carbons (Fsp3) is 0.618. The quantitative estimate of drug-likeness (QED) is 0.247. The molecule has 3 aliphatic heterocycles. The molecule has 3 amide bonds. The van der Waals surface area contributed by atoms with Crippen LogP contribution in [0, 0.1) is 17.3 Å². The summed E-state index contributed by atoms with van der Waals surface area (Å²) in [4.78, 5) is 49.0. The third-order valence-corrected chi connectivity index (χ3v) is 11.0. The summed E-state index contributed by atoms with van der Waals surface area (Å²) in [6.45, 7) is 19.7. The molecule has 3 aliphatic rings. The predicted octanol–water partition coefficient (Wildman–Crippen LogP) is 5.30. The molecule has 42 heavy (non-hydrogen) atoms. The molecule has 1 aromatic carbocycles. The van der Waals surface area contributed by atoms with E-state index in [1.165, 1.54) is 0 Å². The van der Waals surface area contributed by atoms with E-state index in [0.717, 1.165) is 24.9 Å². The minimum absolute atomic E-state index is 0.0134. The van der Waals surface area contributed by atoms with Crippen molar-refractivity contribution in [2.45, 2.75) is 88.3 Å². The molecule has 3 fully saturated rings. The number of anilines is 1. The minimum atomic E-state index is -0.662. The van der Waals surface area contributed by atoms with Gasteiger partial charge in [-0.1, -0.05) is 51.1 Å². The van der Waals surface area contributed by atoms with Gasteiger partial charge in [-0.25, -0.2) is 0 Å². The fourth-order valence-corrected chi connectivity index (χ4v) is 10.1. The van der Waals surface area contributed by atoms with Gasteiger partial charge in [0.1, 0.15) is 6.04 Å². The van der Waals surface area contributed by atoms with Crippen LogP contribution in [-0.2, 0) is 14.4 Å². The Morgan fingerprint density at radius 1 is 1.07 bits per heavy atom. The zero-order valence-corrected chi connectivity index (χ0v) is 26.9. The second-order valence-corrected chi connectivity index (χ2v) is 15.5. The number of carbonyl (C=O) groups is 3. The Morgan fingerprint density at radius 3 is 2.33 bits per heavy atom.